The monoisotopic (exact) mass is 355 g/mol. The van der Waals surface area contributed by atoms with Crippen molar-refractivity contribution in [1.82, 2.24) is 0 Å². The van der Waals surface area contributed by atoms with Gasteiger partial charge in [-0.1, -0.05) is 15.9 Å². The van der Waals surface area contributed by atoms with Crippen molar-refractivity contribution in [2.45, 2.75) is 0 Å². The Labute approximate surface area is 126 Å². The average molecular weight is 356 g/mol. The second-order valence-corrected chi connectivity index (χ2v) is 5.18. The Hall–Kier alpha value is -2.15. The molecular weight excluding hydrogens is 348 g/mol. The number of carbonyl (C=O) groups is 1. The molecular formula is C14H8BrF2NO3. The third kappa shape index (κ3) is 2.69. The van der Waals surface area contributed by atoms with Crippen LogP contribution in [0.3, 0.4) is 0 Å². The molecule has 4 nitrogen and oxygen atoms in total. The lowest BCUT2D eigenvalue weighted by Gasteiger charge is -2.08. The van der Waals surface area contributed by atoms with E-state index in [1.54, 1.807) is 12.1 Å². The molecule has 0 aromatic heterocycles. The fourth-order valence-electron chi connectivity index (χ4n) is 1.93. The van der Waals surface area contributed by atoms with E-state index in [1.807, 2.05) is 0 Å². The molecule has 1 aliphatic heterocycles. The SMILES string of the molecule is O=C(Nc1ccc2c(c1)OCO2)c1c(F)cc(Br)cc1F. The number of amides is 1. The summed E-state index contributed by atoms with van der Waals surface area (Å²) in [5.41, 5.74) is -0.290. The molecule has 3 rings (SSSR count). The maximum absolute atomic E-state index is 13.7. The summed E-state index contributed by atoms with van der Waals surface area (Å²) in [6.07, 6.45) is 0. The number of fused-ring (bicyclic) bond motifs is 1. The molecule has 0 unspecified atom stereocenters. The van der Waals surface area contributed by atoms with Crippen molar-refractivity contribution in [2.24, 2.45) is 0 Å². The summed E-state index contributed by atoms with van der Waals surface area (Å²) in [6, 6.07) is 6.73. The van der Waals surface area contributed by atoms with Gasteiger partial charge in [-0.2, -0.15) is 0 Å². The Bertz CT molecular complexity index is 713. The second-order valence-electron chi connectivity index (χ2n) is 4.27. The maximum Gasteiger partial charge on any atom is 0.261 e. The smallest absolute Gasteiger partial charge is 0.261 e. The summed E-state index contributed by atoms with van der Waals surface area (Å²) in [7, 11) is 0. The lowest BCUT2D eigenvalue weighted by atomic mass is 10.1. The zero-order valence-corrected chi connectivity index (χ0v) is 12.0. The van der Waals surface area contributed by atoms with Crippen molar-refractivity contribution in [3.05, 3.63) is 52.0 Å². The summed E-state index contributed by atoms with van der Waals surface area (Å²) in [5, 5.41) is 2.42. The third-order valence-electron chi connectivity index (χ3n) is 2.86. The molecule has 0 aliphatic carbocycles. The fraction of sp³-hybridized carbons (Fsp3) is 0.0714. The quantitative estimate of drug-likeness (QED) is 0.893. The molecule has 0 atom stereocenters. The van der Waals surface area contributed by atoms with Gasteiger partial charge < -0.3 is 14.8 Å². The first-order valence-corrected chi connectivity index (χ1v) is 6.69. The fourth-order valence-corrected chi connectivity index (χ4v) is 2.33. The molecule has 0 fully saturated rings. The second kappa shape index (κ2) is 5.33. The zero-order chi connectivity index (χ0) is 15.0. The van der Waals surface area contributed by atoms with Crippen molar-refractivity contribution < 1.29 is 23.0 Å². The van der Waals surface area contributed by atoms with E-state index < -0.39 is 23.1 Å². The van der Waals surface area contributed by atoms with Crippen molar-refractivity contribution in [3.63, 3.8) is 0 Å². The molecule has 2 aromatic carbocycles. The molecule has 0 spiro atoms. The number of rotatable bonds is 2. The first kappa shape index (κ1) is 13.8. The van der Waals surface area contributed by atoms with Gasteiger partial charge in [0.05, 0.1) is 0 Å². The van der Waals surface area contributed by atoms with Gasteiger partial charge in [-0.3, -0.25) is 4.79 Å². The number of halogens is 3. The lowest BCUT2D eigenvalue weighted by molar-refractivity contribution is 0.101. The van der Waals surface area contributed by atoms with E-state index in [-0.39, 0.29) is 11.3 Å². The van der Waals surface area contributed by atoms with Crippen LogP contribution < -0.4 is 14.8 Å². The van der Waals surface area contributed by atoms with Gasteiger partial charge in [0.2, 0.25) is 6.79 Å². The summed E-state index contributed by atoms with van der Waals surface area (Å²) in [5.74, 6) is -1.75. The molecule has 7 heteroatoms. The van der Waals surface area contributed by atoms with E-state index >= 15 is 0 Å². The molecule has 1 heterocycles. The van der Waals surface area contributed by atoms with Crippen LogP contribution in [-0.4, -0.2) is 12.7 Å². The topological polar surface area (TPSA) is 47.6 Å². The molecule has 2 aromatic rings. The van der Waals surface area contributed by atoms with E-state index in [4.69, 9.17) is 9.47 Å². The van der Waals surface area contributed by atoms with Gasteiger partial charge in [0.1, 0.15) is 17.2 Å². The Morgan fingerprint density at radius 1 is 1.10 bits per heavy atom. The van der Waals surface area contributed by atoms with Crippen LogP contribution in [0.1, 0.15) is 10.4 Å². The minimum Gasteiger partial charge on any atom is -0.454 e. The average Bonchev–Trinajstić information content (AvgIpc) is 2.84. The molecule has 1 N–H and O–H groups in total. The lowest BCUT2D eigenvalue weighted by Crippen LogP contribution is -2.15. The molecule has 21 heavy (non-hydrogen) atoms. The molecule has 0 bridgehead atoms. The van der Waals surface area contributed by atoms with Crippen LogP contribution in [0.5, 0.6) is 11.5 Å². The predicted octanol–water partition coefficient (Wildman–Crippen LogP) is 3.71. The van der Waals surface area contributed by atoms with Gasteiger partial charge in [0.15, 0.2) is 11.5 Å². The standard InChI is InChI=1S/C14H8BrF2NO3/c15-7-3-9(16)13(10(17)4-7)14(19)18-8-1-2-11-12(5-8)21-6-20-11/h1-5H,6H2,(H,18,19). The summed E-state index contributed by atoms with van der Waals surface area (Å²) >= 11 is 2.95. The number of hydrogen-bond donors (Lipinski definition) is 1. The Kier molecular flexibility index (Phi) is 3.50. The molecule has 0 saturated carbocycles. The first-order valence-electron chi connectivity index (χ1n) is 5.90. The van der Waals surface area contributed by atoms with Crippen LogP contribution in [-0.2, 0) is 0 Å². The van der Waals surface area contributed by atoms with E-state index in [9.17, 15) is 13.6 Å². The van der Waals surface area contributed by atoms with Gasteiger partial charge in [-0.25, -0.2) is 8.78 Å². The summed E-state index contributed by atoms with van der Waals surface area (Å²) in [4.78, 5) is 12.0. The number of benzene rings is 2. The van der Waals surface area contributed by atoms with Crippen molar-refractivity contribution in [1.29, 1.82) is 0 Å². The Morgan fingerprint density at radius 2 is 1.76 bits per heavy atom. The number of hydrogen-bond acceptors (Lipinski definition) is 3. The van der Waals surface area contributed by atoms with Crippen LogP contribution in [0.2, 0.25) is 0 Å². The van der Waals surface area contributed by atoms with E-state index in [0.717, 1.165) is 12.1 Å². The van der Waals surface area contributed by atoms with Crippen LogP contribution in [0.4, 0.5) is 14.5 Å². The van der Waals surface area contributed by atoms with Crippen LogP contribution >= 0.6 is 15.9 Å². The predicted molar refractivity (Wildman–Crippen MR) is 74.6 cm³/mol. The van der Waals surface area contributed by atoms with E-state index in [0.29, 0.717) is 17.2 Å². The van der Waals surface area contributed by atoms with Crippen molar-refractivity contribution in [2.75, 3.05) is 12.1 Å². The highest BCUT2D eigenvalue weighted by molar-refractivity contribution is 9.10. The van der Waals surface area contributed by atoms with E-state index in [1.165, 1.54) is 6.07 Å². The van der Waals surface area contributed by atoms with Gasteiger partial charge in [-0.15, -0.1) is 0 Å². The molecule has 1 aliphatic rings. The number of ether oxygens (including phenoxy) is 2. The Morgan fingerprint density at radius 3 is 2.48 bits per heavy atom. The zero-order valence-electron chi connectivity index (χ0n) is 10.5. The van der Waals surface area contributed by atoms with Crippen molar-refractivity contribution >= 4 is 27.5 Å². The molecule has 108 valence electrons. The van der Waals surface area contributed by atoms with Crippen LogP contribution in [0.25, 0.3) is 0 Å². The number of nitrogens with one attached hydrogen (secondary N) is 1. The van der Waals surface area contributed by atoms with E-state index in [2.05, 4.69) is 21.2 Å². The molecule has 1 amide bonds. The van der Waals surface area contributed by atoms with Crippen LogP contribution in [0.15, 0.2) is 34.8 Å². The minimum absolute atomic E-state index is 0.0999. The largest absolute Gasteiger partial charge is 0.454 e. The van der Waals surface area contributed by atoms with Gasteiger partial charge in [0, 0.05) is 16.2 Å². The summed E-state index contributed by atoms with van der Waals surface area (Å²) in [6.45, 7) is 0.0999. The highest BCUT2D eigenvalue weighted by Crippen LogP contribution is 2.34. The van der Waals surface area contributed by atoms with Gasteiger partial charge in [-0.05, 0) is 24.3 Å². The Balaban J connectivity index is 1.87. The number of carbonyl (C=O) groups excluding carboxylic acids is 1. The molecule has 0 saturated heterocycles. The van der Waals surface area contributed by atoms with Gasteiger partial charge >= 0.3 is 0 Å². The minimum atomic E-state index is -0.944. The van der Waals surface area contributed by atoms with Crippen molar-refractivity contribution in [3.8, 4) is 11.5 Å². The maximum atomic E-state index is 13.7. The first-order chi connectivity index (χ1) is 10.0. The third-order valence-corrected chi connectivity index (χ3v) is 3.32. The van der Waals surface area contributed by atoms with Gasteiger partial charge in [0.25, 0.3) is 5.91 Å². The molecule has 0 radical (unpaired) electrons. The normalized spacial score (nSPS) is 12.3. The van der Waals surface area contributed by atoms with Crippen LogP contribution in [0, 0.1) is 11.6 Å². The highest BCUT2D eigenvalue weighted by Gasteiger charge is 2.20. The highest BCUT2D eigenvalue weighted by atomic mass is 79.9. The summed E-state index contributed by atoms with van der Waals surface area (Å²) < 4.78 is 37.9. The number of anilines is 1.